The number of rotatable bonds is 7. The standard InChI is InChI=1S/C20H25N3O5S/c1-3-14-12-15(20(26)27-4-2)18(29-14)21-17(24)13-22-7-9-23(10-8-22)19(25)16-6-5-11-28-16/h5-6,11-12H,3-4,7-10,13H2,1-2H3,(H,21,24)/p+1. The molecule has 0 saturated carbocycles. The molecule has 2 aromatic rings. The molecule has 0 spiro atoms. The molecule has 8 nitrogen and oxygen atoms in total. The summed E-state index contributed by atoms with van der Waals surface area (Å²) in [5.74, 6) is -0.359. The van der Waals surface area contributed by atoms with Gasteiger partial charge in [0.1, 0.15) is 5.00 Å². The average molecular weight is 421 g/mol. The quantitative estimate of drug-likeness (QED) is 0.654. The van der Waals surface area contributed by atoms with Gasteiger partial charge in [0.05, 0.1) is 44.6 Å². The average Bonchev–Trinajstić information content (AvgIpc) is 3.38. The first-order valence-corrected chi connectivity index (χ1v) is 10.6. The van der Waals surface area contributed by atoms with Crippen LogP contribution in [0.1, 0.15) is 39.6 Å². The van der Waals surface area contributed by atoms with Crippen LogP contribution in [0, 0.1) is 0 Å². The summed E-state index contributed by atoms with van der Waals surface area (Å²) in [6.07, 6.45) is 2.27. The summed E-state index contributed by atoms with van der Waals surface area (Å²) in [6.45, 7) is 6.80. The highest BCUT2D eigenvalue weighted by Gasteiger charge is 2.27. The number of nitrogens with zero attached hydrogens (tertiary/aromatic N) is 1. The normalized spacial score (nSPS) is 14.6. The first kappa shape index (κ1) is 21.1. The minimum absolute atomic E-state index is 0.122. The maximum absolute atomic E-state index is 12.5. The van der Waals surface area contributed by atoms with Gasteiger partial charge in [-0.15, -0.1) is 11.3 Å². The number of thiophene rings is 1. The molecule has 3 heterocycles. The number of hydrogen-bond donors (Lipinski definition) is 2. The maximum Gasteiger partial charge on any atom is 0.341 e. The molecule has 9 heteroatoms. The minimum atomic E-state index is -0.420. The fraction of sp³-hybridized carbons (Fsp3) is 0.450. The van der Waals surface area contributed by atoms with E-state index in [-0.39, 0.29) is 25.0 Å². The number of esters is 1. The summed E-state index contributed by atoms with van der Waals surface area (Å²) < 4.78 is 10.3. The first-order valence-electron chi connectivity index (χ1n) is 9.77. The van der Waals surface area contributed by atoms with Crippen LogP contribution in [0.5, 0.6) is 0 Å². The Morgan fingerprint density at radius 1 is 1.28 bits per heavy atom. The first-order chi connectivity index (χ1) is 14.0. The van der Waals surface area contributed by atoms with E-state index in [2.05, 4.69) is 5.32 Å². The van der Waals surface area contributed by atoms with Crippen LogP contribution >= 0.6 is 11.3 Å². The van der Waals surface area contributed by atoms with Crippen molar-refractivity contribution in [3.05, 3.63) is 40.7 Å². The van der Waals surface area contributed by atoms with Gasteiger partial charge in [0.2, 0.25) is 0 Å². The fourth-order valence-corrected chi connectivity index (χ4v) is 4.23. The molecule has 0 unspecified atom stereocenters. The van der Waals surface area contributed by atoms with Crippen molar-refractivity contribution in [1.29, 1.82) is 0 Å². The van der Waals surface area contributed by atoms with Gasteiger partial charge in [-0.1, -0.05) is 6.92 Å². The Labute approximate surface area is 173 Å². The number of nitrogens with one attached hydrogen (secondary N) is 2. The molecule has 0 aromatic carbocycles. The Bertz CT molecular complexity index is 854. The van der Waals surface area contributed by atoms with Gasteiger partial charge in [0.15, 0.2) is 12.3 Å². The van der Waals surface area contributed by atoms with Crippen LogP contribution in [0.15, 0.2) is 28.9 Å². The third-order valence-electron chi connectivity index (χ3n) is 4.78. The van der Waals surface area contributed by atoms with E-state index < -0.39 is 5.97 Å². The van der Waals surface area contributed by atoms with Crippen molar-refractivity contribution in [2.45, 2.75) is 20.3 Å². The molecule has 156 valence electrons. The Morgan fingerprint density at radius 2 is 2.03 bits per heavy atom. The molecule has 1 aliphatic heterocycles. The van der Waals surface area contributed by atoms with Crippen molar-refractivity contribution in [2.75, 3.05) is 44.6 Å². The molecule has 2 aromatic heterocycles. The highest BCUT2D eigenvalue weighted by atomic mass is 32.1. The van der Waals surface area contributed by atoms with Crippen molar-refractivity contribution in [3.8, 4) is 0 Å². The highest BCUT2D eigenvalue weighted by molar-refractivity contribution is 7.16. The number of carbonyl (C=O) groups excluding carboxylic acids is 3. The number of quaternary nitrogens is 1. The van der Waals surface area contributed by atoms with Gasteiger partial charge in [-0.2, -0.15) is 0 Å². The molecule has 0 atom stereocenters. The van der Waals surface area contributed by atoms with Crippen LogP contribution in [0.2, 0.25) is 0 Å². The highest BCUT2D eigenvalue weighted by Crippen LogP contribution is 2.29. The molecule has 0 aliphatic carbocycles. The number of ether oxygens (including phenoxy) is 1. The molecular formula is C20H26N3O5S+. The van der Waals surface area contributed by atoms with E-state index in [9.17, 15) is 14.4 Å². The summed E-state index contributed by atoms with van der Waals surface area (Å²) in [7, 11) is 0. The number of carbonyl (C=O) groups is 3. The third-order valence-corrected chi connectivity index (χ3v) is 5.97. The molecule has 1 saturated heterocycles. The number of aryl methyl sites for hydroxylation is 1. The SMILES string of the molecule is CCOC(=O)c1cc(CC)sc1NC(=O)C[NH+]1CCN(C(=O)c2ccco2)CC1. The lowest BCUT2D eigenvalue weighted by atomic mass is 10.2. The van der Waals surface area contributed by atoms with Crippen molar-refractivity contribution in [1.82, 2.24) is 4.90 Å². The predicted molar refractivity (Wildman–Crippen MR) is 108 cm³/mol. The van der Waals surface area contributed by atoms with E-state index >= 15 is 0 Å². The van der Waals surface area contributed by atoms with E-state index in [1.165, 1.54) is 17.6 Å². The Hall–Kier alpha value is -2.65. The van der Waals surface area contributed by atoms with Gasteiger partial charge in [-0.25, -0.2) is 4.79 Å². The monoisotopic (exact) mass is 420 g/mol. The molecule has 2 N–H and O–H groups in total. The molecule has 0 bridgehead atoms. The summed E-state index contributed by atoms with van der Waals surface area (Å²) in [5.41, 5.74) is 0.408. The second kappa shape index (κ2) is 9.71. The van der Waals surface area contributed by atoms with Gasteiger partial charge in [0.25, 0.3) is 11.8 Å². The summed E-state index contributed by atoms with van der Waals surface area (Å²) in [4.78, 5) is 40.9. The van der Waals surface area contributed by atoms with E-state index in [1.807, 2.05) is 6.92 Å². The lowest BCUT2D eigenvalue weighted by Gasteiger charge is -2.31. The second-order valence-electron chi connectivity index (χ2n) is 6.77. The van der Waals surface area contributed by atoms with Crippen molar-refractivity contribution in [3.63, 3.8) is 0 Å². The Kier molecular flexibility index (Phi) is 7.05. The zero-order valence-electron chi connectivity index (χ0n) is 16.7. The number of piperazine rings is 1. The van der Waals surface area contributed by atoms with Gasteiger partial charge in [0, 0.05) is 4.88 Å². The lowest BCUT2D eigenvalue weighted by Crippen LogP contribution is -3.15. The van der Waals surface area contributed by atoms with Gasteiger partial charge >= 0.3 is 5.97 Å². The zero-order valence-corrected chi connectivity index (χ0v) is 17.5. The predicted octanol–water partition coefficient (Wildman–Crippen LogP) is 1.06. The van der Waals surface area contributed by atoms with Gasteiger partial charge in [-0.05, 0) is 31.5 Å². The van der Waals surface area contributed by atoms with Gasteiger partial charge in [-0.3, -0.25) is 9.59 Å². The summed E-state index contributed by atoms with van der Waals surface area (Å²) >= 11 is 1.40. The van der Waals surface area contributed by atoms with Crippen LogP contribution in [-0.2, 0) is 16.0 Å². The van der Waals surface area contributed by atoms with Crippen LogP contribution in [0.25, 0.3) is 0 Å². The van der Waals surface area contributed by atoms with E-state index in [0.717, 1.165) is 16.2 Å². The van der Waals surface area contributed by atoms with Crippen molar-refractivity contribution >= 4 is 34.1 Å². The molecule has 1 aliphatic rings. The minimum Gasteiger partial charge on any atom is -0.462 e. The van der Waals surface area contributed by atoms with Gasteiger partial charge < -0.3 is 24.3 Å². The van der Waals surface area contributed by atoms with E-state index in [4.69, 9.17) is 9.15 Å². The molecule has 0 radical (unpaired) electrons. The largest absolute Gasteiger partial charge is 0.462 e. The van der Waals surface area contributed by atoms with Crippen molar-refractivity contribution < 1.29 is 28.4 Å². The molecule has 29 heavy (non-hydrogen) atoms. The lowest BCUT2D eigenvalue weighted by molar-refractivity contribution is -0.895. The molecule has 2 amide bonds. The molecule has 3 rings (SSSR count). The topological polar surface area (TPSA) is 93.3 Å². The van der Waals surface area contributed by atoms with E-state index in [1.54, 1.807) is 30.0 Å². The smallest absolute Gasteiger partial charge is 0.341 e. The number of amides is 2. The Balaban J connectivity index is 1.53. The number of furan rings is 1. The van der Waals surface area contributed by atoms with Crippen LogP contribution in [-0.4, -0.2) is 62.0 Å². The van der Waals surface area contributed by atoms with Crippen LogP contribution < -0.4 is 10.2 Å². The maximum atomic E-state index is 12.5. The number of hydrogen-bond acceptors (Lipinski definition) is 6. The molecular weight excluding hydrogens is 394 g/mol. The van der Waals surface area contributed by atoms with E-state index in [0.29, 0.717) is 42.5 Å². The zero-order chi connectivity index (χ0) is 20.8. The fourth-order valence-electron chi connectivity index (χ4n) is 3.23. The van der Waals surface area contributed by atoms with Crippen LogP contribution in [0.3, 0.4) is 0 Å². The second-order valence-corrected chi connectivity index (χ2v) is 7.91. The van der Waals surface area contributed by atoms with Crippen molar-refractivity contribution in [2.24, 2.45) is 0 Å². The summed E-state index contributed by atoms with van der Waals surface area (Å²) in [5, 5.41) is 3.41. The number of anilines is 1. The Morgan fingerprint density at radius 3 is 2.66 bits per heavy atom. The summed E-state index contributed by atoms with van der Waals surface area (Å²) in [6, 6.07) is 5.13. The third kappa shape index (κ3) is 5.24. The van der Waals surface area contributed by atoms with Crippen LogP contribution in [0.4, 0.5) is 5.00 Å². The molecule has 1 fully saturated rings.